The Morgan fingerprint density at radius 3 is 2.57 bits per heavy atom. The zero-order chi connectivity index (χ0) is 15.4. The van der Waals surface area contributed by atoms with Gasteiger partial charge in [-0.05, 0) is 30.2 Å². The molecule has 1 aromatic carbocycles. The monoisotopic (exact) mass is 287 g/mol. The Morgan fingerprint density at radius 1 is 1.38 bits per heavy atom. The van der Waals surface area contributed by atoms with E-state index in [0.717, 1.165) is 23.5 Å². The summed E-state index contributed by atoms with van der Waals surface area (Å²) in [6.45, 7) is 3.99. The molecule has 6 heteroatoms. The third-order valence-corrected chi connectivity index (χ3v) is 3.68. The van der Waals surface area contributed by atoms with E-state index >= 15 is 0 Å². The molecule has 2 aromatic rings. The second kappa shape index (κ2) is 6.49. The summed E-state index contributed by atoms with van der Waals surface area (Å²) in [4.78, 5) is 12.0. The summed E-state index contributed by atoms with van der Waals surface area (Å²) in [5.41, 5.74) is 7.58. The van der Waals surface area contributed by atoms with Crippen LogP contribution in [-0.2, 0) is 11.8 Å². The molecule has 0 unspecified atom stereocenters. The van der Waals surface area contributed by atoms with Crippen LogP contribution in [0.2, 0.25) is 0 Å². The summed E-state index contributed by atoms with van der Waals surface area (Å²) >= 11 is 0. The largest absolute Gasteiger partial charge is 0.325 e. The van der Waals surface area contributed by atoms with Gasteiger partial charge in [0.25, 0.3) is 0 Å². The van der Waals surface area contributed by atoms with Gasteiger partial charge in [-0.25, -0.2) is 0 Å². The lowest BCUT2D eigenvalue weighted by Gasteiger charge is -2.17. The number of hydrogen-bond donors (Lipinski definition) is 2. The molecule has 6 nitrogen and oxygen atoms in total. The van der Waals surface area contributed by atoms with Crippen LogP contribution >= 0.6 is 0 Å². The Hall–Kier alpha value is -2.21. The molecular weight excluding hydrogens is 266 g/mol. The molecule has 0 fully saturated rings. The zero-order valence-corrected chi connectivity index (χ0v) is 12.6. The zero-order valence-electron chi connectivity index (χ0n) is 12.6. The first-order valence-corrected chi connectivity index (χ1v) is 7.03. The van der Waals surface area contributed by atoms with Crippen molar-refractivity contribution in [3.05, 3.63) is 30.6 Å². The van der Waals surface area contributed by atoms with E-state index in [1.54, 1.807) is 6.33 Å². The van der Waals surface area contributed by atoms with Crippen molar-refractivity contribution in [2.75, 3.05) is 5.32 Å². The van der Waals surface area contributed by atoms with Gasteiger partial charge in [0, 0.05) is 18.3 Å². The lowest BCUT2D eigenvalue weighted by Crippen LogP contribution is -2.40. The fourth-order valence-electron chi connectivity index (χ4n) is 1.99. The second-order valence-corrected chi connectivity index (χ2v) is 5.24. The summed E-state index contributed by atoms with van der Waals surface area (Å²) in [6.07, 6.45) is 2.52. The third-order valence-electron chi connectivity index (χ3n) is 3.68. The molecule has 0 radical (unpaired) electrons. The molecule has 0 aliphatic rings. The second-order valence-electron chi connectivity index (χ2n) is 5.24. The topological polar surface area (TPSA) is 85.8 Å². The number of aryl methyl sites for hydroxylation is 1. The van der Waals surface area contributed by atoms with Crippen LogP contribution in [0.4, 0.5) is 5.69 Å². The van der Waals surface area contributed by atoms with Crippen LogP contribution in [0.25, 0.3) is 11.4 Å². The number of carbonyl (C=O) groups is 1. The molecule has 0 bridgehead atoms. The van der Waals surface area contributed by atoms with E-state index in [0.29, 0.717) is 0 Å². The molecular formula is C15H21N5O. The number of benzene rings is 1. The van der Waals surface area contributed by atoms with E-state index < -0.39 is 6.04 Å². The van der Waals surface area contributed by atoms with Gasteiger partial charge in [0.2, 0.25) is 5.91 Å². The van der Waals surface area contributed by atoms with Crippen LogP contribution in [-0.4, -0.2) is 26.7 Å². The normalized spacial score (nSPS) is 13.7. The average molecular weight is 287 g/mol. The molecule has 0 saturated carbocycles. The minimum Gasteiger partial charge on any atom is -0.325 e. The molecule has 0 spiro atoms. The van der Waals surface area contributed by atoms with Gasteiger partial charge in [0.05, 0.1) is 6.04 Å². The van der Waals surface area contributed by atoms with Crippen LogP contribution in [0, 0.1) is 5.92 Å². The molecule has 21 heavy (non-hydrogen) atoms. The maximum Gasteiger partial charge on any atom is 0.241 e. The molecule has 3 N–H and O–H groups in total. The fourth-order valence-corrected chi connectivity index (χ4v) is 1.99. The Kier molecular flexibility index (Phi) is 4.70. The molecule has 0 saturated heterocycles. The molecule has 1 aromatic heterocycles. The van der Waals surface area contributed by atoms with Crippen molar-refractivity contribution in [1.82, 2.24) is 14.8 Å². The Morgan fingerprint density at radius 2 is 2.05 bits per heavy atom. The SMILES string of the molecule is CC[C@H](C)[C@H](N)C(=O)Nc1ccc(-c2nncn2C)cc1. The predicted molar refractivity (Wildman–Crippen MR) is 82.5 cm³/mol. The minimum absolute atomic E-state index is 0.155. The van der Waals surface area contributed by atoms with Crippen molar-refractivity contribution in [1.29, 1.82) is 0 Å². The highest BCUT2D eigenvalue weighted by Crippen LogP contribution is 2.19. The van der Waals surface area contributed by atoms with Crippen molar-refractivity contribution < 1.29 is 4.79 Å². The highest BCUT2D eigenvalue weighted by atomic mass is 16.2. The molecule has 1 heterocycles. The standard InChI is InChI=1S/C15H21N5O/c1-4-10(2)13(16)15(21)18-12-7-5-11(6-8-12)14-19-17-9-20(14)3/h5-10,13H,4,16H2,1-3H3,(H,18,21)/t10-,13-/m0/s1. The number of rotatable bonds is 5. The van der Waals surface area contributed by atoms with Crippen molar-refractivity contribution in [3.8, 4) is 11.4 Å². The summed E-state index contributed by atoms with van der Waals surface area (Å²) in [7, 11) is 1.89. The first-order valence-electron chi connectivity index (χ1n) is 7.03. The summed E-state index contributed by atoms with van der Waals surface area (Å²) in [5, 5.41) is 10.7. The Bertz CT molecular complexity index is 605. The number of nitrogens with one attached hydrogen (secondary N) is 1. The molecule has 1 amide bonds. The van der Waals surface area contributed by atoms with Gasteiger partial charge in [0.15, 0.2) is 5.82 Å². The van der Waals surface area contributed by atoms with Gasteiger partial charge in [-0.2, -0.15) is 0 Å². The molecule has 2 rings (SSSR count). The van der Waals surface area contributed by atoms with Gasteiger partial charge in [0.1, 0.15) is 6.33 Å². The smallest absolute Gasteiger partial charge is 0.241 e. The highest BCUT2D eigenvalue weighted by molar-refractivity contribution is 5.95. The van der Waals surface area contributed by atoms with Gasteiger partial charge < -0.3 is 15.6 Å². The molecule has 2 atom stereocenters. The van der Waals surface area contributed by atoms with Gasteiger partial charge in [-0.3, -0.25) is 4.79 Å². The van der Waals surface area contributed by atoms with E-state index in [4.69, 9.17) is 5.73 Å². The fraction of sp³-hybridized carbons (Fsp3) is 0.400. The number of nitrogens with zero attached hydrogens (tertiary/aromatic N) is 3. The van der Waals surface area contributed by atoms with Crippen LogP contribution in [0.15, 0.2) is 30.6 Å². The highest BCUT2D eigenvalue weighted by Gasteiger charge is 2.19. The summed E-state index contributed by atoms with van der Waals surface area (Å²) < 4.78 is 1.84. The minimum atomic E-state index is -0.492. The summed E-state index contributed by atoms with van der Waals surface area (Å²) in [6, 6.07) is 6.98. The average Bonchev–Trinajstić information content (AvgIpc) is 2.92. The number of aromatic nitrogens is 3. The van der Waals surface area contributed by atoms with Crippen molar-refractivity contribution in [3.63, 3.8) is 0 Å². The Balaban J connectivity index is 2.06. The first kappa shape index (κ1) is 15.2. The van der Waals surface area contributed by atoms with Crippen LogP contribution < -0.4 is 11.1 Å². The Labute approximate surface area is 124 Å². The van der Waals surface area contributed by atoms with Crippen molar-refractivity contribution in [2.45, 2.75) is 26.3 Å². The molecule has 0 aliphatic carbocycles. The number of carbonyl (C=O) groups excluding carboxylic acids is 1. The number of amides is 1. The maximum atomic E-state index is 12.0. The van der Waals surface area contributed by atoms with E-state index in [1.165, 1.54) is 0 Å². The van der Waals surface area contributed by atoms with E-state index in [1.807, 2.05) is 49.7 Å². The maximum absolute atomic E-state index is 12.0. The molecule has 0 aliphatic heterocycles. The van der Waals surface area contributed by atoms with E-state index in [9.17, 15) is 4.79 Å². The van der Waals surface area contributed by atoms with Crippen LogP contribution in [0.1, 0.15) is 20.3 Å². The quantitative estimate of drug-likeness (QED) is 0.878. The first-order chi connectivity index (χ1) is 10.0. The van der Waals surface area contributed by atoms with Crippen molar-refractivity contribution in [2.24, 2.45) is 18.7 Å². The lowest BCUT2D eigenvalue weighted by atomic mass is 9.99. The van der Waals surface area contributed by atoms with Gasteiger partial charge >= 0.3 is 0 Å². The number of anilines is 1. The summed E-state index contributed by atoms with van der Waals surface area (Å²) in [5.74, 6) is 0.780. The van der Waals surface area contributed by atoms with Gasteiger partial charge in [-0.15, -0.1) is 10.2 Å². The predicted octanol–water partition coefficient (Wildman–Crippen LogP) is 1.79. The number of hydrogen-bond acceptors (Lipinski definition) is 4. The van der Waals surface area contributed by atoms with Crippen molar-refractivity contribution >= 4 is 11.6 Å². The van der Waals surface area contributed by atoms with Gasteiger partial charge in [-0.1, -0.05) is 20.3 Å². The van der Waals surface area contributed by atoms with E-state index in [-0.39, 0.29) is 11.8 Å². The lowest BCUT2D eigenvalue weighted by molar-refractivity contribution is -0.118. The third kappa shape index (κ3) is 3.46. The number of nitrogens with two attached hydrogens (primary N) is 1. The van der Waals surface area contributed by atoms with Crippen LogP contribution in [0.5, 0.6) is 0 Å². The van der Waals surface area contributed by atoms with Crippen LogP contribution in [0.3, 0.4) is 0 Å². The van der Waals surface area contributed by atoms with E-state index in [2.05, 4.69) is 15.5 Å². The molecule has 112 valence electrons.